The van der Waals surface area contributed by atoms with E-state index in [1.807, 2.05) is 0 Å². The molecule has 2 aromatic rings. The molecule has 0 N–H and O–H groups in total. The van der Waals surface area contributed by atoms with Gasteiger partial charge in [0.2, 0.25) is 5.28 Å². The van der Waals surface area contributed by atoms with E-state index in [0.29, 0.717) is 12.6 Å². The maximum absolute atomic E-state index is 12.2. The zero-order valence-electron chi connectivity index (χ0n) is 16.7. The molecule has 1 fully saturated rings. The topological polar surface area (TPSA) is 123 Å². The van der Waals surface area contributed by atoms with Crippen LogP contribution >= 0.6 is 30.3 Å². The zero-order valence-corrected chi connectivity index (χ0v) is 19.1. The van der Waals surface area contributed by atoms with E-state index in [1.54, 1.807) is 13.3 Å². The molecule has 1 saturated heterocycles. The lowest BCUT2D eigenvalue weighted by Crippen LogP contribution is -2.39. The molecule has 10 nitrogen and oxygen atoms in total. The normalized spacial score (nSPS) is 24.2. The van der Waals surface area contributed by atoms with Crippen LogP contribution < -0.4 is 0 Å². The van der Waals surface area contributed by atoms with Gasteiger partial charge in [0.05, 0.1) is 13.5 Å². The minimum absolute atomic E-state index is 0.0526. The fraction of sp³-hybridized carbons (Fsp3) is 0.588. The van der Waals surface area contributed by atoms with Crippen LogP contribution in [-0.4, -0.2) is 69.3 Å². The number of ether oxygens (including phenoxy) is 3. The molecule has 2 aromatic heterocycles. The minimum Gasteiger partial charge on any atom is -0.456 e. The lowest BCUT2D eigenvalue weighted by atomic mass is 10.1. The second-order valence-electron chi connectivity index (χ2n) is 7.41. The van der Waals surface area contributed by atoms with Crippen LogP contribution in [0.15, 0.2) is 6.33 Å². The van der Waals surface area contributed by atoms with Crippen molar-refractivity contribution in [3.63, 3.8) is 0 Å². The van der Waals surface area contributed by atoms with E-state index in [4.69, 9.17) is 37.4 Å². The molecular weight excluding hydrogens is 458 g/mol. The third-order valence-corrected chi connectivity index (χ3v) is 6.24. The lowest BCUT2D eigenvalue weighted by molar-refractivity contribution is -0.165. The number of imidazole rings is 1. The van der Waals surface area contributed by atoms with E-state index in [2.05, 4.69) is 15.0 Å². The summed E-state index contributed by atoms with van der Waals surface area (Å²) in [5, 5.41) is -0.0425. The van der Waals surface area contributed by atoms with Gasteiger partial charge in [-0.05, 0) is 31.4 Å². The average Bonchev–Trinajstić information content (AvgIpc) is 3.14. The quantitative estimate of drug-likeness (QED) is 0.266. The summed E-state index contributed by atoms with van der Waals surface area (Å²) >= 11 is 12.0. The molecule has 164 valence electrons. The van der Waals surface area contributed by atoms with Crippen LogP contribution in [0.3, 0.4) is 0 Å². The molecule has 0 bridgehead atoms. The molecule has 0 amide bonds. The third-order valence-electron chi connectivity index (χ3n) is 4.47. The summed E-state index contributed by atoms with van der Waals surface area (Å²) in [5.41, 5.74) is 0.548. The van der Waals surface area contributed by atoms with Gasteiger partial charge in [0.15, 0.2) is 29.2 Å². The van der Waals surface area contributed by atoms with Gasteiger partial charge in [-0.2, -0.15) is 4.98 Å². The van der Waals surface area contributed by atoms with E-state index < -0.39 is 43.6 Å². The SMILES string of the molecule is CC(=O)OC1[C@@H](CCP(C)(C)=O)O[C@@H](n2cnc3c(Cl)nc(Cl)nc32)[C@H]1OC(C)=O. The van der Waals surface area contributed by atoms with Crippen LogP contribution in [0.2, 0.25) is 10.4 Å². The van der Waals surface area contributed by atoms with Crippen LogP contribution in [0.1, 0.15) is 26.5 Å². The smallest absolute Gasteiger partial charge is 0.303 e. The number of carbonyl (C=O) groups is 2. The Hall–Kier alpha value is -1.74. The first-order valence-electron chi connectivity index (χ1n) is 9.05. The van der Waals surface area contributed by atoms with E-state index in [0.717, 1.165) is 0 Å². The molecule has 0 aliphatic carbocycles. The van der Waals surface area contributed by atoms with E-state index in [-0.39, 0.29) is 21.6 Å². The van der Waals surface area contributed by atoms with Crippen molar-refractivity contribution in [1.82, 2.24) is 19.5 Å². The van der Waals surface area contributed by atoms with Gasteiger partial charge in [-0.3, -0.25) is 14.2 Å². The molecule has 1 aliphatic rings. The van der Waals surface area contributed by atoms with Gasteiger partial charge in [0.1, 0.15) is 11.6 Å². The van der Waals surface area contributed by atoms with E-state index in [1.165, 1.54) is 24.7 Å². The number of rotatable bonds is 6. The van der Waals surface area contributed by atoms with Crippen molar-refractivity contribution in [3.05, 3.63) is 16.8 Å². The molecule has 3 rings (SSSR count). The summed E-state index contributed by atoms with van der Waals surface area (Å²) in [5.74, 6) is -1.15. The molecule has 3 heterocycles. The number of hydrogen-bond donors (Lipinski definition) is 0. The summed E-state index contributed by atoms with van der Waals surface area (Å²) < 4.78 is 30.7. The third kappa shape index (κ3) is 5.11. The molecule has 4 atom stereocenters. The van der Waals surface area contributed by atoms with Crippen molar-refractivity contribution >= 4 is 53.4 Å². The Labute approximate surface area is 182 Å². The number of halogens is 2. The van der Waals surface area contributed by atoms with Gasteiger partial charge >= 0.3 is 11.9 Å². The van der Waals surface area contributed by atoms with Crippen molar-refractivity contribution in [2.45, 2.75) is 44.8 Å². The molecule has 1 aliphatic heterocycles. The highest BCUT2D eigenvalue weighted by molar-refractivity contribution is 7.62. The van der Waals surface area contributed by atoms with Gasteiger partial charge in [-0.1, -0.05) is 11.6 Å². The van der Waals surface area contributed by atoms with Crippen LogP contribution in [0.25, 0.3) is 11.2 Å². The van der Waals surface area contributed by atoms with Crippen molar-refractivity contribution in [3.8, 4) is 0 Å². The summed E-state index contributed by atoms with van der Waals surface area (Å²) in [4.78, 5) is 35.7. The summed E-state index contributed by atoms with van der Waals surface area (Å²) in [6.45, 7) is 5.81. The Morgan fingerprint density at radius 2 is 1.80 bits per heavy atom. The molecule has 0 saturated carbocycles. The first-order chi connectivity index (χ1) is 14.0. The van der Waals surface area contributed by atoms with Gasteiger partial charge in [0, 0.05) is 20.0 Å². The number of hydrogen-bond acceptors (Lipinski definition) is 9. The number of aromatic nitrogens is 4. The first kappa shape index (κ1) is 22.9. The minimum atomic E-state index is -2.36. The predicted molar refractivity (Wildman–Crippen MR) is 109 cm³/mol. The molecule has 30 heavy (non-hydrogen) atoms. The van der Waals surface area contributed by atoms with Crippen LogP contribution in [0, 0.1) is 0 Å². The maximum Gasteiger partial charge on any atom is 0.303 e. The number of carbonyl (C=O) groups excluding carboxylic acids is 2. The number of nitrogens with zero attached hydrogens (tertiary/aromatic N) is 4. The number of fused-ring (bicyclic) bond motifs is 1. The van der Waals surface area contributed by atoms with Crippen LogP contribution in [-0.2, 0) is 28.4 Å². The second-order valence-corrected chi connectivity index (χ2v) is 11.7. The summed E-state index contributed by atoms with van der Waals surface area (Å²) in [6.07, 6.45) is -1.40. The monoisotopic (exact) mass is 478 g/mol. The zero-order chi connectivity index (χ0) is 22.2. The van der Waals surface area contributed by atoms with Gasteiger partial charge in [-0.25, -0.2) is 9.97 Å². The average molecular weight is 479 g/mol. The molecule has 1 unspecified atom stereocenters. The fourth-order valence-electron chi connectivity index (χ4n) is 3.30. The molecule has 0 spiro atoms. The Bertz CT molecular complexity index is 1030. The molecule has 0 radical (unpaired) electrons. The largest absolute Gasteiger partial charge is 0.456 e. The summed E-state index contributed by atoms with van der Waals surface area (Å²) in [6, 6.07) is 0. The van der Waals surface area contributed by atoms with Crippen LogP contribution in [0.5, 0.6) is 0 Å². The summed E-state index contributed by atoms with van der Waals surface area (Å²) in [7, 11) is -2.36. The van der Waals surface area contributed by atoms with Crippen molar-refractivity contribution < 1.29 is 28.4 Å². The van der Waals surface area contributed by atoms with Crippen molar-refractivity contribution in [2.75, 3.05) is 19.5 Å². The van der Waals surface area contributed by atoms with E-state index in [9.17, 15) is 14.2 Å². The first-order valence-corrected chi connectivity index (χ1v) is 12.6. The van der Waals surface area contributed by atoms with E-state index >= 15 is 0 Å². The predicted octanol–water partition coefficient (Wildman–Crippen LogP) is 2.91. The Kier molecular flexibility index (Phi) is 6.72. The fourth-order valence-corrected chi connectivity index (χ4v) is 4.59. The maximum atomic E-state index is 12.2. The van der Waals surface area contributed by atoms with Crippen molar-refractivity contribution in [1.29, 1.82) is 0 Å². The van der Waals surface area contributed by atoms with Gasteiger partial charge < -0.3 is 18.8 Å². The number of esters is 2. The Morgan fingerprint density at radius 1 is 1.17 bits per heavy atom. The van der Waals surface area contributed by atoms with Crippen LogP contribution in [0.4, 0.5) is 0 Å². The highest BCUT2D eigenvalue weighted by Gasteiger charge is 2.50. The molecule has 13 heteroatoms. The Balaban J connectivity index is 2.04. The lowest BCUT2D eigenvalue weighted by Gasteiger charge is -2.24. The van der Waals surface area contributed by atoms with Gasteiger partial charge in [-0.15, -0.1) is 0 Å². The van der Waals surface area contributed by atoms with Gasteiger partial charge in [0.25, 0.3) is 0 Å². The standard InChI is InChI=1S/C17H21Cl2N4O6P/c1-8(24)27-12-10(5-6-30(3,4)26)29-16(13(12)28-9(2)25)23-7-20-11-14(18)21-17(19)22-15(11)23/h7,10,12-13,16H,5-6H2,1-4H3/t10-,12?,13+,16-/m1/s1. The second kappa shape index (κ2) is 8.78. The molecule has 0 aromatic carbocycles. The highest BCUT2D eigenvalue weighted by atomic mass is 35.5. The Morgan fingerprint density at radius 3 is 2.40 bits per heavy atom. The van der Waals surface area contributed by atoms with Crippen molar-refractivity contribution in [2.24, 2.45) is 0 Å². The molecular formula is C17H21Cl2N4O6P. The highest BCUT2D eigenvalue weighted by Crippen LogP contribution is 2.42.